The molecule has 0 aliphatic carbocycles. The summed E-state index contributed by atoms with van der Waals surface area (Å²) in [4.78, 5) is 0. The van der Waals surface area contributed by atoms with Gasteiger partial charge in [0.25, 0.3) is 0 Å². The van der Waals surface area contributed by atoms with Crippen molar-refractivity contribution in [2.45, 2.75) is 25.9 Å². The highest BCUT2D eigenvalue weighted by atomic mass is 15.4. The Balaban J connectivity index is 2.57. The molecule has 2 N–H and O–H groups in total. The van der Waals surface area contributed by atoms with Gasteiger partial charge in [-0.1, -0.05) is 5.21 Å². The van der Waals surface area contributed by atoms with Crippen LogP contribution in [-0.2, 0) is 6.54 Å². The summed E-state index contributed by atoms with van der Waals surface area (Å²) >= 11 is 0. The zero-order chi connectivity index (χ0) is 7.61. The first-order chi connectivity index (χ1) is 4.58. The third-order valence-corrected chi connectivity index (χ3v) is 1.04. The van der Waals surface area contributed by atoms with Crippen molar-refractivity contribution in [1.29, 1.82) is 0 Å². The van der Waals surface area contributed by atoms with Crippen molar-refractivity contribution in [2.24, 2.45) is 5.73 Å². The number of rotatable bonds is 2. The van der Waals surface area contributed by atoms with Crippen molar-refractivity contribution in [3.05, 3.63) is 12.4 Å². The van der Waals surface area contributed by atoms with Crippen LogP contribution in [0.5, 0.6) is 0 Å². The second kappa shape index (κ2) is 2.38. The summed E-state index contributed by atoms with van der Waals surface area (Å²) in [5.74, 6) is 0. The van der Waals surface area contributed by atoms with Gasteiger partial charge < -0.3 is 5.73 Å². The lowest BCUT2D eigenvalue weighted by molar-refractivity contribution is 0.402. The minimum atomic E-state index is -0.215. The lowest BCUT2D eigenvalue weighted by Crippen LogP contribution is -2.37. The van der Waals surface area contributed by atoms with Gasteiger partial charge in [0.05, 0.1) is 12.7 Å². The van der Waals surface area contributed by atoms with Crippen LogP contribution >= 0.6 is 0 Å². The molecule has 0 spiro atoms. The standard InChI is InChI=1S/C6H12N4/c1-6(2,7)5-10-4-3-8-9-10/h3-4H,5,7H2,1-2H3. The Morgan fingerprint density at radius 1 is 1.60 bits per heavy atom. The van der Waals surface area contributed by atoms with E-state index in [1.165, 1.54) is 0 Å². The van der Waals surface area contributed by atoms with E-state index in [0.29, 0.717) is 6.54 Å². The molecule has 0 amide bonds. The molecule has 0 unspecified atom stereocenters. The molecule has 4 heteroatoms. The number of nitrogens with two attached hydrogens (primary N) is 1. The quantitative estimate of drug-likeness (QED) is 0.629. The van der Waals surface area contributed by atoms with Gasteiger partial charge in [0.1, 0.15) is 0 Å². The number of aromatic nitrogens is 3. The monoisotopic (exact) mass is 140 g/mol. The molecule has 0 saturated carbocycles. The molecule has 0 fully saturated rings. The Hall–Kier alpha value is -0.900. The summed E-state index contributed by atoms with van der Waals surface area (Å²) in [6.07, 6.45) is 3.44. The first kappa shape index (κ1) is 7.21. The third kappa shape index (κ3) is 2.14. The lowest BCUT2D eigenvalue weighted by Gasteiger charge is -2.16. The van der Waals surface area contributed by atoms with Crippen LogP contribution in [0.3, 0.4) is 0 Å². The molecule has 0 atom stereocenters. The maximum Gasteiger partial charge on any atom is 0.0692 e. The Bertz CT molecular complexity index is 184. The van der Waals surface area contributed by atoms with Crippen molar-refractivity contribution in [2.75, 3.05) is 0 Å². The van der Waals surface area contributed by atoms with E-state index in [9.17, 15) is 0 Å². The molecule has 1 aromatic heterocycles. The Labute approximate surface area is 60.0 Å². The van der Waals surface area contributed by atoms with Crippen LogP contribution in [0.2, 0.25) is 0 Å². The molecule has 0 saturated heterocycles. The third-order valence-electron chi connectivity index (χ3n) is 1.04. The van der Waals surface area contributed by atoms with E-state index < -0.39 is 0 Å². The van der Waals surface area contributed by atoms with Crippen LogP contribution in [0.25, 0.3) is 0 Å². The van der Waals surface area contributed by atoms with E-state index in [1.807, 2.05) is 13.8 Å². The van der Waals surface area contributed by atoms with Gasteiger partial charge in [-0.3, -0.25) is 4.68 Å². The van der Waals surface area contributed by atoms with Crippen LogP contribution in [0.4, 0.5) is 0 Å². The number of hydrogen-bond acceptors (Lipinski definition) is 3. The van der Waals surface area contributed by atoms with Crippen molar-refractivity contribution >= 4 is 0 Å². The predicted molar refractivity (Wildman–Crippen MR) is 38.3 cm³/mol. The minimum Gasteiger partial charge on any atom is -0.324 e. The van der Waals surface area contributed by atoms with Gasteiger partial charge >= 0.3 is 0 Å². The van der Waals surface area contributed by atoms with Crippen molar-refractivity contribution in [1.82, 2.24) is 15.0 Å². The van der Waals surface area contributed by atoms with Crippen molar-refractivity contribution in [3.63, 3.8) is 0 Å². The topological polar surface area (TPSA) is 56.7 Å². The SMILES string of the molecule is CC(C)(N)Cn1ccnn1. The van der Waals surface area contributed by atoms with Crippen LogP contribution in [-0.4, -0.2) is 20.5 Å². The van der Waals surface area contributed by atoms with Gasteiger partial charge in [-0.15, -0.1) is 5.10 Å². The van der Waals surface area contributed by atoms with E-state index in [1.54, 1.807) is 17.1 Å². The number of nitrogens with zero attached hydrogens (tertiary/aromatic N) is 3. The van der Waals surface area contributed by atoms with Gasteiger partial charge in [-0.2, -0.15) is 0 Å². The fraction of sp³-hybridized carbons (Fsp3) is 0.667. The fourth-order valence-corrected chi connectivity index (χ4v) is 0.735. The van der Waals surface area contributed by atoms with E-state index >= 15 is 0 Å². The number of hydrogen-bond donors (Lipinski definition) is 1. The summed E-state index contributed by atoms with van der Waals surface area (Å²) in [6.45, 7) is 4.61. The molecule has 0 radical (unpaired) electrons. The van der Waals surface area contributed by atoms with E-state index in [2.05, 4.69) is 10.3 Å². The van der Waals surface area contributed by atoms with Gasteiger partial charge in [-0.25, -0.2) is 0 Å². The normalized spacial score (nSPS) is 11.9. The average molecular weight is 140 g/mol. The summed E-state index contributed by atoms with van der Waals surface area (Å²) < 4.78 is 1.72. The van der Waals surface area contributed by atoms with Crippen molar-refractivity contribution < 1.29 is 0 Å². The average Bonchev–Trinajstić information content (AvgIpc) is 2.12. The molecule has 1 rings (SSSR count). The molecule has 10 heavy (non-hydrogen) atoms. The zero-order valence-electron chi connectivity index (χ0n) is 6.28. The summed E-state index contributed by atoms with van der Waals surface area (Å²) in [6, 6.07) is 0. The van der Waals surface area contributed by atoms with Gasteiger partial charge in [0.2, 0.25) is 0 Å². The summed E-state index contributed by atoms with van der Waals surface area (Å²) in [5.41, 5.74) is 5.52. The predicted octanol–water partition coefficient (Wildman–Crippen LogP) is 0.0154. The second-order valence-electron chi connectivity index (χ2n) is 3.09. The minimum absolute atomic E-state index is 0.215. The van der Waals surface area contributed by atoms with Crippen LogP contribution in [0, 0.1) is 0 Å². The highest BCUT2D eigenvalue weighted by molar-refractivity contribution is 4.74. The Morgan fingerprint density at radius 2 is 2.30 bits per heavy atom. The first-order valence-electron chi connectivity index (χ1n) is 3.21. The lowest BCUT2D eigenvalue weighted by atomic mass is 10.1. The molecular weight excluding hydrogens is 128 g/mol. The van der Waals surface area contributed by atoms with Crippen LogP contribution in [0.1, 0.15) is 13.8 Å². The summed E-state index contributed by atoms with van der Waals surface area (Å²) in [7, 11) is 0. The zero-order valence-corrected chi connectivity index (χ0v) is 6.28. The van der Waals surface area contributed by atoms with E-state index in [0.717, 1.165) is 0 Å². The molecule has 56 valence electrons. The van der Waals surface area contributed by atoms with Gasteiger partial charge in [-0.05, 0) is 13.8 Å². The smallest absolute Gasteiger partial charge is 0.0692 e. The molecule has 1 heterocycles. The molecule has 0 aliphatic rings. The molecule has 0 bridgehead atoms. The van der Waals surface area contributed by atoms with E-state index in [4.69, 9.17) is 5.73 Å². The Morgan fingerprint density at radius 3 is 2.70 bits per heavy atom. The molecule has 4 nitrogen and oxygen atoms in total. The van der Waals surface area contributed by atoms with Crippen LogP contribution in [0.15, 0.2) is 12.4 Å². The maximum absolute atomic E-state index is 5.74. The van der Waals surface area contributed by atoms with Crippen LogP contribution < -0.4 is 5.73 Å². The van der Waals surface area contributed by atoms with Gasteiger partial charge in [0.15, 0.2) is 0 Å². The largest absolute Gasteiger partial charge is 0.324 e. The van der Waals surface area contributed by atoms with Gasteiger partial charge in [0, 0.05) is 11.7 Å². The molecule has 1 aromatic rings. The highest BCUT2D eigenvalue weighted by Crippen LogP contribution is 1.98. The summed E-state index contributed by atoms with van der Waals surface area (Å²) in [5, 5.41) is 7.45. The molecule has 0 aliphatic heterocycles. The Kier molecular flexibility index (Phi) is 1.72. The highest BCUT2D eigenvalue weighted by Gasteiger charge is 2.10. The molecule has 0 aromatic carbocycles. The fourth-order valence-electron chi connectivity index (χ4n) is 0.735. The molecular formula is C6H12N4. The maximum atomic E-state index is 5.74. The second-order valence-corrected chi connectivity index (χ2v) is 3.09. The first-order valence-corrected chi connectivity index (χ1v) is 3.21. The van der Waals surface area contributed by atoms with Crippen molar-refractivity contribution in [3.8, 4) is 0 Å². The van der Waals surface area contributed by atoms with E-state index in [-0.39, 0.29) is 5.54 Å².